The van der Waals surface area contributed by atoms with Crippen molar-refractivity contribution in [1.82, 2.24) is 10.4 Å². The van der Waals surface area contributed by atoms with Gasteiger partial charge in [0.1, 0.15) is 5.60 Å². The summed E-state index contributed by atoms with van der Waals surface area (Å²) in [6.07, 6.45) is 1.61. The molecule has 124 valence electrons. The zero-order valence-electron chi connectivity index (χ0n) is 14.6. The highest BCUT2D eigenvalue weighted by atomic mass is 16.7. The molecule has 22 heavy (non-hydrogen) atoms. The van der Waals surface area contributed by atoms with Crippen LogP contribution in [-0.2, 0) is 14.0 Å². The van der Waals surface area contributed by atoms with Gasteiger partial charge in [-0.25, -0.2) is 15.2 Å². The lowest BCUT2D eigenvalue weighted by atomic mass is 9.77. The highest BCUT2D eigenvalue weighted by Crippen LogP contribution is 2.38. The average Bonchev–Trinajstić information content (AvgIpc) is 2.57. The van der Waals surface area contributed by atoms with Crippen molar-refractivity contribution in [1.29, 1.82) is 0 Å². The quantitative estimate of drug-likeness (QED) is 0.753. The van der Waals surface area contributed by atoms with Crippen LogP contribution in [0.1, 0.15) is 48.5 Å². The van der Waals surface area contributed by atoms with E-state index >= 15 is 0 Å². The maximum Gasteiger partial charge on any atom is 0.492 e. The van der Waals surface area contributed by atoms with Gasteiger partial charge in [-0.2, -0.15) is 0 Å². The number of rotatable bonds is 1. The second-order valence-electron chi connectivity index (χ2n) is 7.80. The van der Waals surface area contributed by atoms with Crippen LogP contribution in [0.15, 0.2) is 11.5 Å². The molecule has 2 aliphatic rings. The molecule has 2 aliphatic heterocycles. The van der Waals surface area contributed by atoms with Gasteiger partial charge in [0, 0.05) is 6.54 Å². The molecule has 0 saturated carbocycles. The summed E-state index contributed by atoms with van der Waals surface area (Å²) in [7, 11) is -0.433. The van der Waals surface area contributed by atoms with Gasteiger partial charge in [-0.3, -0.25) is 0 Å². The maximum absolute atomic E-state index is 12.2. The highest BCUT2D eigenvalue weighted by molar-refractivity contribution is 6.54. The monoisotopic (exact) mass is 310 g/mol. The van der Waals surface area contributed by atoms with Crippen LogP contribution >= 0.6 is 0 Å². The van der Waals surface area contributed by atoms with Gasteiger partial charge >= 0.3 is 13.2 Å². The Morgan fingerprint density at radius 3 is 2.32 bits per heavy atom. The summed E-state index contributed by atoms with van der Waals surface area (Å²) in [6, 6.07) is 0. The summed E-state index contributed by atoms with van der Waals surface area (Å²) < 4.78 is 17.5. The molecule has 0 atom stereocenters. The Morgan fingerprint density at radius 2 is 1.82 bits per heavy atom. The third-order valence-electron chi connectivity index (χ3n) is 4.16. The molecule has 1 fully saturated rings. The Labute approximate surface area is 133 Å². The fraction of sp³-hybridized carbons (Fsp3) is 0.800. The summed E-state index contributed by atoms with van der Waals surface area (Å²) in [5.74, 6) is 0. The standard InChI is InChI=1S/C15H27BN2O4/c1-13(2,3)20-12(19)18-10-11(8-9-17-18)16-21-14(4,5)15(6,7)22-16/h8,17H,9-10H2,1-7H3. The molecule has 7 heteroatoms. The Morgan fingerprint density at radius 1 is 1.27 bits per heavy atom. The highest BCUT2D eigenvalue weighted by Gasteiger charge is 2.52. The van der Waals surface area contributed by atoms with Crippen LogP contribution in [0.2, 0.25) is 0 Å². The van der Waals surface area contributed by atoms with Crippen molar-refractivity contribution in [2.75, 3.05) is 13.1 Å². The fourth-order valence-electron chi connectivity index (χ4n) is 2.20. The number of carbonyl (C=O) groups is 1. The van der Waals surface area contributed by atoms with E-state index < -0.39 is 18.8 Å². The van der Waals surface area contributed by atoms with E-state index in [2.05, 4.69) is 5.43 Å². The lowest BCUT2D eigenvalue weighted by Gasteiger charge is -2.32. The van der Waals surface area contributed by atoms with E-state index in [-0.39, 0.29) is 11.2 Å². The van der Waals surface area contributed by atoms with Crippen molar-refractivity contribution < 1.29 is 18.8 Å². The number of nitrogens with zero attached hydrogens (tertiary/aromatic N) is 1. The molecule has 0 bridgehead atoms. The van der Waals surface area contributed by atoms with E-state index in [1.165, 1.54) is 5.01 Å². The molecule has 0 aromatic carbocycles. The molecule has 0 aromatic heterocycles. The molecular weight excluding hydrogens is 283 g/mol. The van der Waals surface area contributed by atoms with Gasteiger partial charge in [0.25, 0.3) is 0 Å². The molecule has 2 heterocycles. The van der Waals surface area contributed by atoms with Crippen LogP contribution in [0.5, 0.6) is 0 Å². The molecule has 2 rings (SSSR count). The number of carbonyl (C=O) groups excluding carboxylic acids is 1. The van der Waals surface area contributed by atoms with Crippen molar-refractivity contribution in [2.45, 2.75) is 65.3 Å². The predicted octanol–water partition coefficient (Wildman–Crippen LogP) is 2.30. The second-order valence-corrected chi connectivity index (χ2v) is 7.80. The van der Waals surface area contributed by atoms with Gasteiger partial charge < -0.3 is 14.0 Å². The average molecular weight is 310 g/mol. The number of hydrazine groups is 1. The largest absolute Gasteiger partial charge is 0.492 e. The maximum atomic E-state index is 12.2. The Balaban J connectivity index is 2.03. The molecule has 6 nitrogen and oxygen atoms in total. The molecule has 0 unspecified atom stereocenters. The minimum Gasteiger partial charge on any atom is -0.443 e. The van der Waals surface area contributed by atoms with Crippen molar-refractivity contribution in [2.24, 2.45) is 0 Å². The van der Waals surface area contributed by atoms with E-state index in [1.807, 2.05) is 54.5 Å². The van der Waals surface area contributed by atoms with Crippen LogP contribution in [0.4, 0.5) is 4.79 Å². The van der Waals surface area contributed by atoms with Gasteiger partial charge in [0.2, 0.25) is 0 Å². The first kappa shape index (κ1) is 17.3. The van der Waals surface area contributed by atoms with E-state index in [1.54, 1.807) is 0 Å². The summed E-state index contributed by atoms with van der Waals surface area (Å²) in [5, 5.41) is 1.46. The first-order valence-corrected chi connectivity index (χ1v) is 7.70. The Hall–Kier alpha value is -1.05. The van der Waals surface area contributed by atoms with E-state index in [4.69, 9.17) is 14.0 Å². The number of hydrogen-bond donors (Lipinski definition) is 1. The van der Waals surface area contributed by atoms with Gasteiger partial charge in [-0.15, -0.1) is 0 Å². The molecule has 1 saturated heterocycles. The molecule has 0 aliphatic carbocycles. The van der Waals surface area contributed by atoms with E-state index in [0.29, 0.717) is 13.1 Å². The lowest BCUT2D eigenvalue weighted by molar-refractivity contribution is 0.00578. The lowest BCUT2D eigenvalue weighted by Crippen LogP contribution is -2.50. The summed E-state index contributed by atoms with van der Waals surface area (Å²) in [5.41, 5.74) is 2.64. The second kappa shape index (κ2) is 5.55. The first-order chi connectivity index (χ1) is 9.91. The third kappa shape index (κ3) is 3.64. The van der Waals surface area contributed by atoms with Crippen LogP contribution in [0.3, 0.4) is 0 Å². The Kier molecular flexibility index (Phi) is 4.36. The number of hydrogen-bond acceptors (Lipinski definition) is 5. The van der Waals surface area contributed by atoms with Gasteiger partial charge in [-0.1, -0.05) is 6.08 Å². The molecule has 0 aromatic rings. The van der Waals surface area contributed by atoms with Crippen molar-refractivity contribution in [3.63, 3.8) is 0 Å². The van der Waals surface area contributed by atoms with Crippen molar-refractivity contribution in [3.8, 4) is 0 Å². The molecule has 0 spiro atoms. The van der Waals surface area contributed by atoms with Gasteiger partial charge in [0.05, 0.1) is 17.7 Å². The zero-order valence-corrected chi connectivity index (χ0v) is 14.6. The predicted molar refractivity (Wildman–Crippen MR) is 85.1 cm³/mol. The first-order valence-electron chi connectivity index (χ1n) is 7.70. The van der Waals surface area contributed by atoms with Crippen molar-refractivity contribution in [3.05, 3.63) is 11.5 Å². The third-order valence-corrected chi connectivity index (χ3v) is 4.16. The minimum absolute atomic E-state index is 0.381. The molecular formula is C15H27BN2O4. The fourth-order valence-corrected chi connectivity index (χ4v) is 2.20. The molecule has 1 N–H and O–H groups in total. The molecule has 0 radical (unpaired) electrons. The van der Waals surface area contributed by atoms with Gasteiger partial charge in [-0.05, 0) is 53.9 Å². The number of ether oxygens (including phenoxy) is 1. The normalized spacial score (nSPS) is 24.2. The van der Waals surface area contributed by atoms with Crippen LogP contribution in [0, 0.1) is 0 Å². The van der Waals surface area contributed by atoms with Crippen LogP contribution in [0.25, 0.3) is 0 Å². The number of nitrogens with one attached hydrogen (secondary N) is 1. The summed E-state index contributed by atoms with van der Waals surface area (Å²) in [6.45, 7) is 14.5. The van der Waals surface area contributed by atoms with E-state index in [0.717, 1.165) is 5.47 Å². The summed E-state index contributed by atoms with van der Waals surface area (Å²) >= 11 is 0. The smallest absolute Gasteiger partial charge is 0.443 e. The Bertz CT molecular complexity index is 466. The van der Waals surface area contributed by atoms with Gasteiger partial charge in [0.15, 0.2) is 0 Å². The van der Waals surface area contributed by atoms with Crippen molar-refractivity contribution >= 4 is 13.2 Å². The molecule has 1 amide bonds. The summed E-state index contributed by atoms with van der Waals surface area (Å²) in [4.78, 5) is 12.2. The SMILES string of the molecule is CC(C)(C)OC(=O)N1CC(B2OC(C)(C)C(C)(C)O2)=CCN1. The minimum atomic E-state index is -0.523. The van der Waals surface area contributed by atoms with E-state index in [9.17, 15) is 4.79 Å². The van der Waals surface area contributed by atoms with Crippen LogP contribution < -0.4 is 5.43 Å². The number of amides is 1. The zero-order chi connectivity index (χ0) is 16.8. The van der Waals surface area contributed by atoms with Crippen LogP contribution in [-0.4, -0.2) is 48.1 Å². The topological polar surface area (TPSA) is 60.0 Å².